The zero-order valence-corrected chi connectivity index (χ0v) is 12.5. The van der Waals surface area contributed by atoms with Crippen molar-refractivity contribution in [3.05, 3.63) is 34.1 Å². The van der Waals surface area contributed by atoms with Crippen molar-refractivity contribution < 1.29 is 18.7 Å². The lowest BCUT2D eigenvalue weighted by Gasteiger charge is -2.17. The van der Waals surface area contributed by atoms with Gasteiger partial charge in [0.25, 0.3) is 5.91 Å². The molecule has 6 heteroatoms. The highest BCUT2D eigenvalue weighted by Gasteiger charge is 2.12. The number of rotatable bonds is 7. The van der Waals surface area contributed by atoms with Crippen LogP contribution in [-0.2, 0) is 9.47 Å². The first-order valence-corrected chi connectivity index (χ1v) is 6.83. The van der Waals surface area contributed by atoms with Crippen molar-refractivity contribution in [3.63, 3.8) is 0 Å². The molecular formula is C13H17BrFNO3. The second-order valence-corrected chi connectivity index (χ2v) is 4.62. The zero-order chi connectivity index (χ0) is 14.3. The van der Waals surface area contributed by atoms with E-state index >= 15 is 0 Å². The Balaban J connectivity index is 2.58. The summed E-state index contributed by atoms with van der Waals surface area (Å²) in [5.74, 6) is -0.838. The van der Waals surface area contributed by atoms with Gasteiger partial charge >= 0.3 is 0 Å². The molecule has 0 aliphatic rings. The molecule has 106 valence electrons. The van der Waals surface area contributed by atoms with Crippen LogP contribution in [0.1, 0.15) is 24.2 Å². The van der Waals surface area contributed by atoms with Crippen molar-refractivity contribution in [2.24, 2.45) is 0 Å². The van der Waals surface area contributed by atoms with E-state index in [2.05, 4.69) is 21.2 Å². The molecule has 1 aromatic rings. The molecule has 0 unspecified atom stereocenters. The molecule has 0 aliphatic heterocycles. The lowest BCUT2D eigenvalue weighted by molar-refractivity contribution is -0.131. The van der Waals surface area contributed by atoms with Gasteiger partial charge < -0.3 is 14.8 Å². The third-order valence-electron chi connectivity index (χ3n) is 2.26. The van der Waals surface area contributed by atoms with E-state index in [0.717, 1.165) is 0 Å². The first kappa shape index (κ1) is 16.1. The van der Waals surface area contributed by atoms with Gasteiger partial charge in [-0.15, -0.1) is 0 Å². The second-order valence-electron chi connectivity index (χ2n) is 3.71. The largest absolute Gasteiger partial charge is 0.351 e. The van der Waals surface area contributed by atoms with Crippen LogP contribution in [0.2, 0.25) is 0 Å². The number of hydrogen-bond acceptors (Lipinski definition) is 3. The number of carbonyl (C=O) groups is 1. The average Bonchev–Trinajstić information content (AvgIpc) is 2.35. The molecule has 0 saturated heterocycles. The Kier molecular flexibility index (Phi) is 6.97. The van der Waals surface area contributed by atoms with E-state index in [0.29, 0.717) is 17.7 Å². The maximum atomic E-state index is 13.2. The molecule has 0 atom stereocenters. The SMILES string of the molecule is CCOC(CNC(=O)c1cc(F)cc(Br)c1)OCC. The summed E-state index contributed by atoms with van der Waals surface area (Å²) in [6.45, 7) is 4.89. The van der Waals surface area contributed by atoms with Crippen LogP contribution in [0.3, 0.4) is 0 Å². The van der Waals surface area contributed by atoms with Crippen LogP contribution in [-0.4, -0.2) is 32.0 Å². The predicted octanol–water partition coefficient (Wildman–Crippen LogP) is 2.72. The predicted molar refractivity (Wildman–Crippen MR) is 73.5 cm³/mol. The molecule has 1 aromatic carbocycles. The number of hydrogen-bond donors (Lipinski definition) is 1. The summed E-state index contributed by atoms with van der Waals surface area (Å²) in [7, 11) is 0. The van der Waals surface area contributed by atoms with Crippen molar-refractivity contribution in [2.75, 3.05) is 19.8 Å². The molecule has 1 amide bonds. The van der Waals surface area contributed by atoms with Gasteiger partial charge in [0, 0.05) is 23.2 Å². The Morgan fingerprint density at radius 1 is 1.32 bits per heavy atom. The van der Waals surface area contributed by atoms with Gasteiger partial charge in [0.15, 0.2) is 6.29 Å². The summed E-state index contributed by atoms with van der Waals surface area (Å²) in [5.41, 5.74) is 0.249. The minimum atomic E-state index is -0.490. The Labute approximate surface area is 120 Å². The number of carbonyl (C=O) groups excluding carboxylic acids is 1. The van der Waals surface area contributed by atoms with Crippen molar-refractivity contribution in [3.8, 4) is 0 Å². The fourth-order valence-electron chi connectivity index (χ4n) is 1.50. The molecule has 0 spiro atoms. The van der Waals surface area contributed by atoms with Gasteiger partial charge in [-0.3, -0.25) is 4.79 Å². The monoisotopic (exact) mass is 333 g/mol. The van der Waals surface area contributed by atoms with Crippen molar-refractivity contribution in [1.29, 1.82) is 0 Å². The van der Waals surface area contributed by atoms with E-state index < -0.39 is 12.1 Å². The topological polar surface area (TPSA) is 47.6 Å². The first-order valence-electron chi connectivity index (χ1n) is 6.04. The minimum absolute atomic E-state index is 0.217. The standard InChI is InChI=1S/C13H17BrFNO3/c1-3-18-12(19-4-2)8-16-13(17)9-5-10(14)7-11(15)6-9/h5-7,12H,3-4,8H2,1-2H3,(H,16,17). The number of halogens is 2. The van der Waals surface area contributed by atoms with E-state index in [1.54, 1.807) is 6.07 Å². The average molecular weight is 334 g/mol. The van der Waals surface area contributed by atoms with Gasteiger partial charge in [0.05, 0.1) is 6.54 Å². The molecule has 1 N–H and O–H groups in total. The first-order chi connectivity index (χ1) is 9.06. The number of nitrogens with one attached hydrogen (secondary N) is 1. The highest BCUT2D eigenvalue weighted by Crippen LogP contribution is 2.14. The Morgan fingerprint density at radius 3 is 2.47 bits per heavy atom. The van der Waals surface area contributed by atoms with Gasteiger partial charge in [0.2, 0.25) is 0 Å². The van der Waals surface area contributed by atoms with E-state index in [9.17, 15) is 9.18 Å². The number of amides is 1. The molecule has 0 radical (unpaired) electrons. The van der Waals surface area contributed by atoms with Crippen LogP contribution in [0.15, 0.2) is 22.7 Å². The summed E-state index contributed by atoms with van der Waals surface area (Å²) < 4.78 is 24.3. The Bertz CT molecular complexity index is 402. The van der Waals surface area contributed by atoms with Crippen LogP contribution in [0.4, 0.5) is 4.39 Å². The highest BCUT2D eigenvalue weighted by molar-refractivity contribution is 9.10. The third-order valence-corrected chi connectivity index (χ3v) is 2.72. The summed E-state index contributed by atoms with van der Waals surface area (Å²) in [6, 6.07) is 4.02. The Morgan fingerprint density at radius 2 is 1.95 bits per heavy atom. The van der Waals surface area contributed by atoms with Crippen LogP contribution < -0.4 is 5.32 Å². The Hall–Kier alpha value is -0.980. The minimum Gasteiger partial charge on any atom is -0.351 e. The molecule has 0 fully saturated rings. The molecular weight excluding hydrogens is 317 g/mol. The second kappa shape index (κ2) is 8.24. The van der Waals surface area contributed by atoms with Gasteiger partial charge in [-0.2, -0.15) is 0 Å². The molecule has 1 rings (SSSR count). The lowest BCUT2D eigenvalue weighted by atomic mass is 10.2. The molecule has 0 aliphatic carbocycles. The van der Waals surface area contributed by atoms with E-state index in [4.69, 9.17) is 9.47 Å². The van der Waals surface area contributed by atoms with E-state index in [1.165, 1.54) is 12.1 Å². The molecule has 0 aromatic heterocycles. The third kappa shape index (κ3) is 5.67. The summed E-state index contributed by atoms with van der Waals surface area (Å²) in [5, 5.41) is 2.65. The molecule has 4 nitrogen and oxygen atoms in total. The van der Waals surface area contributed by atoms with Crippen molar-refractivity contribution in [1.82, 2.24) is 5.32 Å². The van der Waals surface area contributed by atoms with Crippen LogP contribution in [0.5, 0.6) is 0 Å². The highest BCUT2D eigenvalue weighted by atomic mass is 79.9. The van der Waals surface area contributed by atoms with Gasteiger partial charge in [0.1, 0.15) is 5.82 Å². The molecule has 0 heterocycles. The summed E-state index contributed by atoms with van der Waals surface area (Å²) in [6.07, 6.45) is -0.490. The van der Waals surface area contributed by atoms with Crippen molar-refractivity contribution in [2.45, 2.75) is 20.1 Å². The number of benzene rings is 1. The number of ether oxygens (including phenoxy) is 2. The van der Waals surface area contributed by atoms with Crippen molar-refractivity contribution >= 4 is 21.8 Å². The lowest BCUT2D eigenvalue weighted by Crippen LogP contribution is -2.35. The maximum absolute atomic E-state index is 13.2. The van der Waals surface area contributed by atoms with E-state index in [-0.39, 0.29) is 18.0 Å². The van der Waals surface area contributed by atoms with E-state index in [1.807, 2.05) is 13.8 Å². The normalized spacial score (nSPS) is 10.8. The van der Waals surface area contributed by atoms with Gasteiger partial charge in [-0.05, 0) is 32.0 Å². The smallest absolute Gasteiger partial charge is 0.251 e. The molecule has 0 bridgehead atoms. The van der Waals surface area contributed by atoms with Crippen LogP contribution in [0.25, 0.3) is 0 Å². The maximum Gasteiger partial charge on any atom is 0.251 e. The fourth-order valence-corrected chi connectivity index (χ4v) is 1.97. The quantitative estimate of drug-likeness (QED) is 0.780. The molecule has 0 saturated carbocycles. The fraction of sp³-hybridized carbons (Fsp3) is 0.462. The van der Waals surface area contributed by atoms with Gasteiger partial charge in [-0.1, -0.05) is 15.9 Å². The van der Waals surface area contributed by atoms with Crippen LogP contribution >= 0.6 is 15.9 Å². The molecule has 19 heavy (non-hydrogen) atoms. The summed E-state index contributed by atoms with van der Waals surface area (Å²) in [4.78, 5) is 11.9. The summed E-state index contributed by atoms with van der Waals surface area (Å²) >= 11 is 3.14. The zero-order valence-electron chi connectivity index (χ0n) is 10.9. The van der Waals surface area contributed by atoms with Crippen LogP contribution in [0, 0.1) is 5.82 Å². The van der Waals surface area contributed by atoms with Gasteiger partial charge in [-0.25, -0.2) is 4.39 Å².